The second-order valence-electron chi connectivity index (χ2n) is 9.33. The second-order valence-corrected chi connectivity index (χ2v) is 14.1. The Kier molecular flexibility index (Phi) is 9.85. The van der Waals surface area contributed by atoms with Crippen molar-refractivity contribution >= 4 is 8.32 Å². The minimum Gasteiger partial charge on any atom is -0.416 e. The van der Waals surface area contributed by atoms with Crippen LogP contribution in [0.3, 0.4) is 0 Å². The molecular weight excluding hydrogens is 344 g/mol. The normalized spacial score (nSPS) is 12.0. The van der Waals surface area contributed by atoms with E-state index in [9.17, 15) is 0 Å². The first-order valence-electron chi connectivity index (χ1n) is 10.9. The fourth-order valence-electron chi connectivity index (χ4n) is 2.91. The van der Waals surface area contributed by atoms with Crippen LogP contribution in [0.1, 0.15) is 89.0 Å². The summed E-state index contributed by atoms with van der Waals surface area (Å²) in [5.41, 5.74) is 5.44. The highest BCUT2D eigenvalue weighted by atomic mass is 28.4. The van der Waals surface area contributed by atoms with Crippen molar-refractivity contribution in [2.45, 2.75) is 105 Å². The van der Waals surface area contributed by atoms with Crippen molar-refractivity contribution in [1.82, 2.24) is 0 Å². The van der Waals surface area contributed by atoms with Gasteiger partial charge >= 0.3 is 0 Å². The number of rotatable bonds is 9. The first-order valence-corrected chi connectivity index (χ1v) is 13.8. The van der Waals surface area contributed by atoms with Gasteiger partial charge in [-0.1, -0.05) is 77.0 Å². The predicted molar refractivity (Wildman–Crippen MR) is 123 cm³/mol. The maximum absolute atomic E-state index is 6.45. The van der Waals surface area contributed by atoms with Gasteiger partial charge in [-0.15, -0.1) is 0 Å². The predicted octanol–water partition coefficient (Wildman–Crippen LogP) is 7.44. The van der Waals surface area contributed by atoms with Gasteiger partial charge in [0, 0.05) is 18.6 Å². The van der Waals surface area contributed by atoms with E-state index in [1.807, 2.05) is 0 Å². The lowest BCUT2D eigenvalue weighted by molar-refractivity contribution is 0.292. The van der Waals surface area contributed by atoms with Gasteiger partial charge in [-0.2, -0.15) is 0 Å². The molecule has 0 unspecified atom stereocenters. The Morgan fingerprint density at radius 1 is 0.963 bits per heavy atom. The van der Waals surface area contributed by atoms with Crippen molar-refractivity contribution in [2.24, 2.45) is 0 Å². The first-order chi connectivity index (χ1) is 12.6. The Hall–Kier alpha value is -1.04. The van der Waals surface area contributed by atoms with Gasteiger partial charge in [0.05, 0.1) is 0 Å². The zero-order chi connectivity index (χ0) is 20.5. The highest BCUT2D eigenvalue weighted by Crippen LogP contribution is 2.36. The van der Waals surface area contributed by atoms with E-state index in [0.29, 0.717) is 0 Å². The Balaban J connectivity index is 3.04. The summed E-state index contributed by atoms with van der Waals surface area (Å²) in [6.07, 6.45) is 7.94. The minimum absolute atomic E-state index is 0.259. The molecule has 0 aliphatic carbocycles. The Labute approximate surface area is 170 Å². The Morgan fingerprint density at radius 3 is 2.11 bits per heavy atom. The molecule has 0 radical (unpaired) electrons. The summed E-state index contributed by atoms with van der Waals surface area (Å²) in [6.45, 7) is 19.1. The van der Waals surface area contributed by atoms with Gasteiger partial charge in [-0.3, -0.25) is 0 Å². The summed E-state index contributed by atoms with van der Waals surface area (Å²) in [5, 5.41) is 0.259. The molecule has 2 heteroatoms. The maximum Gasteiger partial charge on any atom is 0.191 e. The molecule has 1 nitrogen and oxygen atoms in total. The van der Waals surface area contributed by atoms with Gasteiger partial charge in [-0.05, 0) is 61.9 Å². The summed E-state index contributed by atoms with van der Waals surface area (Å²) in [4.78, 5) is 0. The molecule has 0 aliphatic heterocycles. The number of unbranched alkanes of at least 4 members (excludes halogenated alkanes) is 3. The van der Waals surface area contributed by atoms with Crippen LogP contribution >= 0.6 is 0 Å². The van der Waals surface area contributed by atoms with Crippen LogP contribution in [0, 0.1) is 18.8 Å². The molecule has 1 rings (SSSR count). The first kappa shape index (κ1) is 24.0. The molecule has 0 spiro atoms. The Morgan fingerprint density at radius 2 is 1.56 bits per heavy atom. The van der Waals surface area contributed by atoms with E-state index >= 15 is 0 Å². The fourth-order valence-corrected chi connectivity index (χ4v) is 3.96. The van der Waals surface area contributed by atoms with E-state index in [1.54, 1.807) is 0 Å². The van der Waals surface area contributed by atoms with E-state index in [2.05, 4.69) is 78.6 Å². The van der Waals surface area contributed by atoms with Gasteiger partial charge < -0.3 is 4.43 Å². The molecule has 0 fully saturated rings. The third-order valence-electron chi connectivity index (χ3n) is 5.75. The van der Waals surface area contributed by atoms with Gasteiger partial charge in [0.15, 0.2) is 8.32 Å². The van der Waals surface area contributed by atoms with Crippen molar-refractivity contribution < 1.29 is 4.43 Å². The number of hydrogen-bond acceptors (Lipinski definition) is 1. The molecule has 0 aromatic heterocycles. The molecule has 0 N–H and O–H groups in total. The second kappa shape index (κ2) is 11.1. The van der Waals surface area contributed by atoms with Gasteiger partial charge in [0.25, 0.3) is 0 Å². The lowest BCUT2D eigenvalue weighted by atomic mass is 9.93. The molecule has 1 aromatic carbocycles. The quantitative estimate of drug-likeness (QED) is 0.243. The van der Waals surface area contributed by atoms with Crippen LogP contribution in [0.5, 0.6) is 0 Å². The van der Waals surface area contributed by atoms with Crippen LogP contribution in [-0.2, 0) is 17.3 Å². The molecule has 152 valence electrons. The zero-order valence-corrected chi connectivity index (χ0v) is 20.2. The largest absolute Gasteiger partial charge is 0.416 e. The van der Waals surface area contributed by atoms with E-state index in [4.69, 9.17) is 4.43 Å². The molecule has 0 amide bonds. The van der Waals surface area contributed by atoms with E-state index in [1.165, 1.54) is 47.9 Å². The van der Waals surface area contributed by atoms with E-state index < -0.39 is 8.32 Å². The molecule has 0 heterocycles. The van der Waals surface area contributed by atoms with Crippen molar-refractivity contribution in [3.05, 3.63) is 34.4 Å². The lowest BCUT2D eigenvalue weighted by Gasteiger charge is -2.36. The third kappa shape index (κ3) is 7.84. The van der Waals surface area contributed by atoms with Crippen molar-refractivity contribution in [1.29, 1.82) is 0 Å². The molecule has 1 aromatic rings. The van der Waals surface area contributed by atoms with Crippen molar-refractivity contribution in [3.63, 3.8) is 0 Å². The standard InChI is InChI=1S/C25H42OSi/c1-9-11-13-14-16-24-22(15-12-10-2)19-21(3)20-23(24)17-18-26-27(7,8)25(4,5)6/h19-20H,9-13,15,17-18H2,1-8H3. The highest BCUT2D eigenvalue weighted by Gasteiger charge is 2.36. The summed E-state index contributed by atoms with van der Waals surface area (Å²) in [7, 11) is -1.70. The number of hydrogen-bond donors (Lipinski definition) is 0. The lowest BCUT2D eigenvalue weighted by Crippen LogP contribution is -2.41. The van der Waals surface area contributed by atoms with E-state index in [-0.39, 0.29) is 5.04 Å². The van der Waals surface area contributed by atoms with Crippen LogP contribution in [0.2, 0.25) is 18.1 Å². The number of aryl methyl sites for hydroxylation is 2. The average Bonchev–Trinajstić information content (AvgIpc) is 2.57. The van der Waals surface area contributed by atoms with Crippen LogP contribution in [0.25, 0.3) is 0 Å². The van der Waals surface area contributed by atoms with Crippen LogP contribution in [-0.4, -0.2) is 14.9 Å². The third-order valence-corrected chi connectivity index (χ3v) is 10.3. The van der Waals surface area contributed by atoms with Gasteiger partial charge in [0.1, 0.15) is 0 Å². The van der Waals surface area contributed by atoms with Crippen LogP contribution in [0.15, 0.2) is 12.1 Å². The highest BCUT2D eigenvalue weighted by molar-refractivity contribution is 6.74. The topological polar surface area (TPSA) is 9.23 Å². The van der Waals surface area contributed by atoms with Crippen molar-refractivity contribution in [2.75, 3.05) is 6.61 Å². The average molecular weight is 387 g/mol. The van der Waals surface area contributed by atoms with E-state index in [0.717, 1.165) is 25.9 Å². The minimum atomic E-state index is -1.70. The number of benzene rings is 1. The Bertz CT molecular complexity index is 641. The smallest absolute Gasteiger partial charge is 0.191 e. The summed E-state index contributed by atoms with van der Waals surface area (Å²) in [5.74, 6) is 6.96. The molecular formula is C25H42OSi. The molecule has 0 atom stereocenters. The summed E-state index contributed by atoms with van der Waals surface area (Å²) < 4.78 is 6.45. The van der Waals surface area contributed by atoms with Crippen LogP contribution in [0.4, 0.5) is 0 Å². The summed E-state index contributed by atoms with van der Waals surface area (Å²) in [6, 6.07) is 4.67. The monoisotopic (exact) mass is 386 g/mol. The zero-order valence-electron chi connectivity index (χ0n) is 19.2. The molecule has 0 saturated heterocycles. The molecule has 27 heavy (non-hydrogen) atoms. The maximum atomic E-state index is 6.45. The van der Waals surface area contributed by atoms with Gasteiger partial charge in [-0.25, -0.2) is 0 Å². The fraction of sp³-hybridized carbons (Fsp3) is 0.680. The SMILES string of the molecule is CCCCC#Cc1c(CCCC)cc(C)cc1CCO[Si](C)(C)C(C)(C)C. The van der Waals surface area contributed by atoms with Crippen LogP contribution < -0.4 is 0 Å². The van der Waals surface area contributed by atoms with Crippen molar-refractivity contribution in [3.8, 4) is 11.8 Å². The molecule has 0 aliphatic rings. The molecule has 0 saturated carbocycles. The van der Waals surface area contributed by atoms with Gasteiger partial charge in [0.2, 0.25) is 0 Å². The summed E-state index contributed by atoms with van der Waals surface area (Å²) >= 11 is 0. The molecule has 0 bridgehead atoms.